The van der Waals surface area contributed by atoms with E-state index >= 15 is 0 Å². The Balaban J connectivity index is 3.38. The molecule has 0 aromatic heterocycles. The molecule has 0 unspecified atom stereocenters. The average molecular weight is 128 g/mol. The highest BCUT2D eigenvalue weighted by Crippen LogP contribution is 1.99. The van der Waals surface area contributed by atoms with Crippen LogP contribution in [0.3, 0.4) is 0 Å². The van der Waals surface area contributed by atoms with Gasteiger partial charge in [0, 0.05) is 0 Å². The first-order chi connectivity index (χ1) is 4.04. The largest absolute Gasteiger partial charge is 0.356 e. The molecule has 0 saturated carbocycles. The van der Waals surface area contributed by atoms with Crippen LogP contribution in [0.4, 0.5) is 0 Å². The first kappa shape index (κ1) is 8.98. The molecular formula is C6H17BN2. The molecular weight excluding hydrogens is 111 g/mol. The summed E-state index contributed by atoms with van der Waals surface area (Å²) < 4.78 is 0. The molecule has 0 aliphatic carbocycles. The van der Waals surface area contributed by atoms with Crippen molar-refractivity contribution in [3.8, 4) is 0 Å². The van der Waals surface area contributed by atoms with Crippen LogP contribution in [-0.2, 0) is 0 Å². The summed E-state index contributed by atoms with van der Waals surface area (Å²) in [4.78, 5) is 0. The summed E-state index contributed by atoms with van der Waals surface area (Å²) in [6, 6.07) is 0.488. The van der Waals surface area contributed by atoms with Crippen molar-refractivity contribution in [1.82, 2.24) is 5.23 Å². The van der Waals surface area contributed by atoms with Gasteiger partial charge in [0.05, 0.1) is 0 Å². The third-order valence-corrected chi connectivity index (χ3v) is 1.24. The molecule has 54 valence electrons. The number of nitrogens with one attached hydrogen (secondary N) is 1. The fourth-order valence-corrected chi connectivity index (χ4v) is 0.577. The first-order valence-electron chi connectivity index (χ1n) is 3.55. The fourth-order valence-electron chi connectivity index (χ4n) is 0.577. The van der Waals surface area contributed by atoms with Crippen LogP contribution < -0.4 is 10.9 Å². The number of hydrogen-bond donors (Lipinski definition) is 2. The maximum Gasteiger partial charge on any atom is 0.305 e. The average Bonchev–Trinajstić information content (AvgIpc) is 1.63. The molecule has 3 heteroatoms. The van der Waals surface area contributed by atoms with Crippen LogP contribution in [0.1, 0.15) is 27.7 Å². The number of nitrogens with two attached hydrogens (primary N) is 1. The van der Waals surface area contributed by atoms with Gasteiger partial charge in [-0.15, -0.1) is 0 Å². The van der Waals surface area contributed by atoms with Crippen molar-refractivity contribution in [2.75, 3.05) is 0 Å². The SMILES string of the molecule is CC(C)NB(N)C(C)C. The van der Waals surface area contributed by atoms with Crippen molar-refractivity contribution in [3.05, 3.63) is 0 Å². The first-order valence-corrected chi connectivity index (χ1v) is 3.55. The zero-order chi connectivity index (χ0) is 7.44. The highest BCUT2D eigenvalue weighted by Gasteiger charge is 2.13. The Kier molecular flexibility index (Phi) is 3.90. The minimum Gasteiger partial charge on any atom is -0.356 e. The van der Waals surface area contributed by atoms with Gasteiger partial charge in [-0.1, -0.05) is 27.7 Å². The van der Waals surface area contributed by atoms with Gasteiger partial charge in [0.1, 0.15) is 0 Å². The van der Waals surface area contributed by atoms with E-state index in [9.17, 15) is 0 Å². The van der Waals surface area contributed by atoms with E-state index in [2.05, 4.69) is 32.9 Å². The Bertz CT molecular complexity index is 73.5. The zero-order valence-electron chi connectivity index (χ0n) is 6.81. The van der Waals surface area contributed by atoms with Gasteiger partial charge in [-0.05, 0) is 11.9 Å². The second kappa shape index (κ2) is 3.91. The lowest BCUT2D eigenvalue weighted by molar-refractivity contribution is 0.726. The second-order valence-corrected chi connectivity index (χ2v) is 3.09. The van der Waals surface area contributed by atoms with Crippen molar-refractivity contribution >= 4 is 6.98 Å². The van der Waals surface area contributed by atoms with Crippen molar-refractivity contribution in [1.29, 1.82) is 0 Å². The summed E-state index contributed by atoms with van der Waals surface area (Å²) in [5.74, 6) is 0.521. The second-order valence-electron chi connectivity index (χ2n) is 3.09. The van der Waals surface area contributed by atoms with Crippen LogP contribution in [0.5, 0.6) is 0 Å². The van der Waals surface area contributed by atoms with Crippen LogP contribution in [0, 0.1) is 0 Å². The molecule has 0 saturated heterocycles. The predicted octanol–water partition coefficient (Wildman–Crippen LogP) is 0.841. The van der Waals surface area contributed by atoms with Crippen LogP contribution in [0.15, 0.2) is 0 Å². The topological polar surface area (TPSA) is 38.0 Å². The highest BCUT2D eigenvalue weighted by atomic mass is 14.9. The lowest BCUT2D eigenvalue weighted by Crippen LogP contribution is -2.48. The summed E-state index contributed by atoms with van der Waals surface area (Å²) in [5, 5.41) is 3.22. The quantitative estimate of drug-likeness (QED) is 0.552. The Morgan fingerprint density at radius 2 is 1.67 bits per heavy atom. The van der Waals surface area contributed by atoms with Crippen LogP contribution in [-0.4, -0.2) is 13.0 Å². The predicted molar refractivity (Wildman–Crippen MR) is 43.3 cm³/mol. The standard InChI is InChI=1S/C6H17BN2/c1-5(2)7(8)9-6(3)4/h5-6,9H,8H2,1-4H3. The molecule has 0 spiro atoms. The van der Waals surface area contributed by atoms with Gasteiger partial charge in [0.25, 0.3) is 0 Å². The Hall–Kier alpha value is -0.0151. The number of rotatable bonds is 3. The molecule has 2 nitrogen and oxygen atoms in total. The molecule has 0 aliphatic heterocycles. The third-order valence-electron chi connectivity index (χ3n) is 1.24. The summed E-state index contributed by atoms with van der Waals surface area (Å²) >= 11 is 0. The van der Waals surface area contributed by atoms with Crippen molar-refractivity contribution in [2.45, 2.75) is 39.6 Å². The maximum atomic E-state index is 5.71. The molecule has 3 N–H and O–H groups in total. The van der Waals surface area contributed by atoms with E-state index in [4.69, 9.17) is 5.64 Å². The molecule has 0 fully saturated rings. The van der Waals surface area contributed by atoms with Gasteiger partial charge >= 0.3 is 6.98 Å². The van der Waals surface area contributed by atoms with Gasteiger partial charge in [0.15, 0.2) is 0 Å². The van der Waals surface area contributed by atoms with Gasteiger partial charge in [-0.3, -0.25) is 0 Å². The van der Waals surface area contributed by atoms with E-state index in [1.54, 1.807) is 0 Å². The highest BCUT2D eigenvalue weighted by molar-refractivity contribution is 6.53. The number of hydrogen-bond acceptors (Lipinski definition) is 2. The lowest BCUT2D eigenvalue weighted by atomic mass is 9.65. The van der Waals surface area contributed by atoms with Crippen molar-refractivity contribution in [2.24, 2.45) is 5.64 Å². The minimum atomic E-state index is 0.144. The molecule has 0 rings (SSSR count). The third kappa shape index (κ3) is 4.49. The molecule has 0 atom stereocenters. The smallest absolute Gasteiger partial charge is 0.305 e. The zero-order valence-corrected chi connectivity index (χ0v) is 6.81. The van der Waals surface area contributed by atoms with Crippen molar-refractivity contribution in [3.63, 3.8) is 0 Å². The van der Waals surface area contributed by atoms with E-state index < -0.39 is 0 Å². The molecule has 0 heterocycles. The van der Waals surface area contributed by atoms with E-state index in [1.807, 2.05) is 0 Å². The summed E-state index contributed by atoms with van der Waals surface area (Å²) in [6.07, 6.45) is 0. The van der Waals surface area contributed by atoms with E-state index in [1.165, 1.54) is 0 Å². The van der Waals surface area contributed by atoms with Crippen LogP contribution in [0.2, 0.25) is 5.82 Å². The summed E-state index contributed by atoms with van der Waals surface area (Å²) in [5.41, 5.74) is 5.71. The molecule has 0 aromatic rings. The molecule has 0 aromatic carbocycles. The molecule has 0 amide bonds. The monoisotopic (exact) mass is 128 g/mol. The van der Waals surface area contributed by atoms with Crippen molar-refractivity contribution < 1.29 is 0 Å². The fraction of sp³-hybridized carbons (Fsp3) is 1.00. The van der Waals surface area contributed by atoms with Gasteiger partial charge in [-0.25, -0.2) is 0 Å². The summed E-state index contributed by atoms with van der Waals surface area (Å²) in [7, 11) is 0. The molecule has 0 radical (unpaired) electrons. The maximum absolute atomic E-state index is 5.71. The molecule has 0 bridgehead atoms. The summed E-state index contributed by atoms with van der Waals surface area (Å²) in [6.45, 7) is 8.56. The lowest BCUT2D eigenvalue weighted by Gasteiger charge is -2.15. The van der Waals surface area contributed by atoms with E-state index in [0.717, 1.165) is 0 Å². The van der Waals surface area contributed by atoms with Crippen LogP contribution >= 0.6 is 0 Å². The van der Waals surface area contributed by atoms with Crippen LogP contribution in [0.25, 0.3) is 0 Å². The molecule has 9 heavy (non-hydrogen) atoms. The van der Waals surface area contributed by atoms with Gasteiger partial charge in [-0.2, -0.15) is 0 Å². The molecule has 0 aliphatic rings. The minimum absolute atomic E-state index is 0.144. The Morgan fingerprint density at radius 3 is 1.78 bits per heavy atom. The van der Waals surface area contributed by atoms with Gasteiger partial charge < -0.3 is 10.9 Å². The Morgan fingerprint density at radius 1 is 1.22 bits per heavy atom. The van der Waals surface area contributed by atoms with E-state index in [0.29, 0.717) is 11.9 Å². The van der Waals surface area contributed by atoms with E-state index in [-0.39, 0.29) is 6.98 Å². The Labute approximate surface area is 58.3 Å². The normalized spacial score (nSPS) is 11.0. The van der Waals surface area contributed by atoms with Gasteiger partial charge in [0.2, 0.25) is 0 Å².